The van der Waals surface area contributed by atoms with Gasteiger partial charge in [-0.3, -0.25) is 14.3 Å². The van der Waals surface area contributed by atoms with Gasteiger partial charge in [0, 0.05) is 19.4 Å². The molecule has 0 aromatic carbocycles. The molecule has 0 saturated carbocycles. The number of aromatic amines is 1. The zero-order chi connectivity index (χ0) is 17.1. The summed E-state index contributed by atoms with van der Waals surface area (Å²) >= 11 is 0. The van der Waals surface area contributed by atoms with Gasteiger partial charge in [0.2, 0.25) is 17.6 Å². The molecule has 0 saturated heterocycles. The molecular weight excluding hydrogens is 316 g/mol. The lowest BCUT2D eigenvalue weighted by Gasteiger charge is -2.01. The van der Waals surface area contributed by atoms with E-state index < -0.39 is 5.91 Å². The lowest BCUT2D eigenvalue weighted by molar-refractivity contribution is 0.0943. The average Bonchev–Trinajstić information content (AvgIpc) is 3.19. The highest BCUT2D eigenvalue weighted by atomic mass is 16.5. The number of methoxy groups -OCH3 is 1. The Balaban J connectivity index is 1.71. The van der Waals surface area contributed by atoms with Gasteiger partial charge >= 0.3 is 0 Å². The number of pyridine rings is 1. The SMILES string of the molecule is COc1nn(C)cc1C(=O)NCc1nc(-c2ccc[nH]c2=O)no1. The van der Waals surface area contributed by atoms with Crippen molar-refractivity contribution in [3.8, 4) is 17.3 Å². The highest BCUT2D eigenvalue weighted by Crippen LogP contribution is 2.15. The summed E-state index contributed by atoms with van der Waals surface area (Å²) in [5.41, 5.74) is 0.251. The molecule has 0 aliphatic rings. The van der Waals surface area contributed by atoms with Gasteiger partial charge in [0.15, 0.2) is 0 Å². The smallest absolute Gasteiger partial charge is 0.259 e. The van der Waals surface area contributed by atoms with Crippen molar-refractivity contribution >= 4 is 5.91 Å². The number of rotatable bonds is 5. The van der Waals surface area contributed by atoms with E-state index in [-0.39, 0.29) is 35.3 Å². The number of aryl methyl sites for hydroxylation is 1. The Hall–Kier alpha value is -3.43. The quantitative estimate of drug-likeness (QED) is 0.679. The first-order valence-corrected chi connectivity index (χ1v) is 6.95. The summed E-state index contributed by atoms with van der Waals surface area (Å²) in [5, 5.41) is 10.4. The van der Waals surface area contributed by atoms with E-state index in [0.717, 1.165) is 0 Å². The second-order valence-corrected chi connectivity index (χ2v) is 4.83. The van der Waals surface area contributed by atoms with Crippen molar-refractivity contribution in [2.75, 3.05) is 7.11 Å². The van der Waals surface area contributed by atoms with Gasteiger partial charge in [-0.25, -0.2) is 0 Å². The van der Waals surface area contributed by atoms with Crippen molar-refractivity contribution in [3.63, 3.8) is 0 Å². The molecule has 3 rings (SSSR count). The van der Waals surface area contributed by atoms with E-state index in [1.807, 2.05) is 0 Å². The largest absolute Gasteiger partial charge is 0.479 e. The Morgan fingerprint density at radius 2 is 2.33 bits per heavy atom. The number of carbonyl (C=O) groups is 1. The van der Waals surface area contributed by atoms with Crippen molar-refractivity contribution in [1.82, 2.24) is 30.2 Å². The summed E-state index contributed by atoms with van der Waals surface area (Å²) in [4.78, 5) is 30.4. The maximum atomic E-state index is 12.2. The second kappa shape index (κ2) is 6.36. The molecule has 0 spiro atoms. The molecule has 0 aliphatic heterocycles. The summed E-state index contributed by atoms with van der Waals surface area (Å²) in [6.45, 7) is 0.00855. The number of H-pyrrole nitrogens is 1. The van der Waals surface area contributed by atoms with Crippen LogP contribution >= 0.6 is 0 Å². The zero-order valence-corrected chi connectivity index (χ0v) is 12.9. The monoisotopic (exact) mass is 330 g/mol. The molecule has 0 atom stereocenters. The minimum absolute atomic E-state index is 0.00855. The highest BCUT2D eigenvalue weighted by molar-refractivity contribution is 5.96. The van der Waals surface area contributed by atoms with E-state index in [9.17, 15) is 9.59 Å². The first-order valence-electron chi connectivity index (χ1n) is 6.95. The van der Waals surface area contributed by atoms with Crippen LogP contribution in [0.25, 0.3) is 11.4 Å². The van der Waals surface area contributed by atoms with Gasteiger partial charge in [-0.2, -0.15) is 4.98 Å². The van der Waals surface area contributed by atoms with Crippen LogP contribution in [0.15, 0.2) is 33.8 Å². The van der Waals surface area contributed by atoms with Crippen LogP contribution in [0.5, 0.6) is 5.88 Å². The number of nitrogens with zero attached hydrogens (tertiary/aromatic N) is 4. The lowest BCUT2D eigenvalue weighted by atomic mass is 10.3. The van der Waals surface area contributed by atoms with E-state index in [1.165, 1.54) is 24.2 Å². The zero-order valence-electron chi connectivity index (χ0n) is 12.9. The first kappa shape index (κ1) is 15.5. The molecule has 0 aliphatic carbocycles. The van der Waals surface area contributed by atoms with Gasteiger partial charge in [0.1, 0.15) is 5.56 Å². The van der Waals surface area contributed by atoms with Gasteiger partial charge in [0.25, 0.3) is 11.5 Å². The Morgan fingerprint density at radius 3 is 3.08 bits per heavy atom. The van der Waals surface area contributed by atoms with Gasteiger partial charge in [-0.1, -0.05) is 5.16 Å². The van der Waals surface area contributed by atoms with E-state index >= 15 is 0 Å². The Morgan fingerprint density at radius 1 is 1.50 bits per heavy atom. The van der Waals surface area contributed by atoms with Crippen molar-refractivity contribution in [2.45, 2.75) is 6.54 Å². The third-order valence-electron chi connectivity index (χ3n) is 3.16. The first-order chi connectivity index (χ1) is 11.6. The summed E-state index contributed by atoms with van der Waals surface area (Å²) in [5.74, 6) is 0.152. The normalized spacial score (nSPS) is 10.6. The second-order valence-electron chi connectivity index (χ2n) is 4.83. The van der Waals surface area contributed by atoms with Gasteiger partial charge in [-0.15, -0.1) is 5.10 Å². The number of amides is 1. The fourth-order valence-corrected chi connectivity index (χ4v) is 2.06. The molecule has 1 amide bonds. The third kappa shape index (κ3) is 3.02. The van der Waals surface area contributed by atoms with Crippen molar-refractivity contribution in [2.24, 2.45) is 7.05 Å². The van der Waals surface area contributed by atoms with E-state index in [2.05, 4.69) is 25.5 Å². The van der Waals surface area contributed by atoms with Gasteiger partial charge < -0.3 is 19.6 Å². The van der Waals surface area contributed by atoms with Crippen molar-refractivity contribution < 1.29 is 14.1 Å². The predicted molar refractivity (Wildman–Crippen MR) is 81.3 cm³/mol. The van der Waals surface area contributed by atoms with E-state index in [1.54, 1.807) is 19.2 Å². The fourth-order valence-electron chi connectivity index (χ4n) is 2.06. The van der Waals surface area contributed by atoms with Crippen LogP contribution in [0, 0.1) is 0 Å². The topological polar surface area (TPSA) is 128 Å². The molecule has 3 heterocycles. The minimum Gasteiger partial charge on any atom is -0.479 e. The molecule has 0 unspecified atom stereocenters. The van der Waals surface area contributed by atoms with E-state index in [4.69, 9.17) is 9.26 Å². The molecule has 10 heteroatoms. The van der Waals surface area contributed by atoms with Crippen LogP contribution in [0.2, 0.25) is 0 Å². The molecule has 10 nitrogen and oxygen atoms in total. The van der Waals surface area contributed by atoms with Crippen LogP contribution in [-0.4, -0.2) is 37.9 Å². The molecule has 3 aromatic heterocycles. The summed E-state index contributed by atoms with van der Waals surface area (Å²) in [7, 11) is 3.11. The summed E-state index contributed by atoms with van der Waals surface area (Å²) in [6, 6.07) is 3.23. The van der Waals surface area contributed by atoms with Crippen molar-refractivity contribution in [1.29, 1.82) is 0 Å². The number of nitrogens with one attached hydrogen (secondary N) is 2. The molecule has 2 N–H and O–H groups in total. The Bertz CT molecular complexity index is 925. The standard InChI is InChI=1S/C14H14N6O4/c1-20-7-9(14(18-20)23-2)13(22)16-6-10-17-11(19-24-10)8-4-3-5-15-12(8)21/h3-5,7H,6H2,1-2H3,(H,15,21)(H,16,22). The number of ether oxygens (including phenoxy) is 1. The minimum atomic E-state index is -0.391. The number of carbonyl (C=O) groups excluding carboxylic acids is 1. The van der Waals surface area contributed by atoms with Crippen LogP contribution in [0.1, 0.15) is 16.2 Å². The fraction of sp³-hybridized carbons (Fsp3) is 0.214. The van der Waals surface area contributed by atoms with Crippen LogP contribution in [-0.2, 0) is 13.6 Å². The van der Waals surface area contributed by atoms with Gasteiger partial charge in [0.05, 0.1) is 19.2 Å². The van der Waals surface area contributed by atoms with Crippen LogP contribution in [0.4, 0.5) is 0 Å². The lowest BCUT2D eigenvalue weighted by Crippen LogP contribution is -2.23. The third-order valence-corrected chi connectivity index (χ3v) is 3.16. The molecule has 124 valence electrons. The summed E-state index contributed by atoms with van der Waals surface area (Å²) in [6.07, 6.45) is 3.05. The molecule has 3 aromatic rings. The maximum Gasteiger partial charge on any atom is 0.259 e. The van der Waals surface area contributed by atoms with Crippen LogP contribution < -0.4 is 15.6 Å². The van der Waals surface area contributed by atoms with Crippen LogP contribution in [0.3, 0.4) is 0 Å². The van der Waals surface area contributed by atoms with E-state index in [0.29, 0.717) is 5.56 Å². The Labute approximate surface area is 135 Å². The number of hydrogen-bond donors (Lipinski definition) is 2. The number of aromatic nitrogens is 5. The average molecular weight is 330 g/mol. The molecule has 0 fully saturated rings. The molecule has 0 radical (unpaired) electrons. The van der Waals surface area contributed by atoms with Crippen molar-refractivity contribution in [3.05, 3.63) is 46.3 Å². The highest BCUT2D eigenvalue weighted by Gasteiger charge is 2.17. The summed E-state index contributed by atoms with van der Waals surface area (Å²) < 4.78 is 11.5. The Kier molecular flexibility index (Phi) is 4.10. The molecule has 24 heavy (non-hydrogen) atoms. The predicted octanol–water partition coefficient (Wildman–Crippen LogP) is 0.0970. The molecular formula is C14H14N6O4. The molecule has 0 bridgehead atoms. The van der Waals surface area contributed by atoms with Gasteiger partial charge in [-0.05, 0) is 12.1 Å². The number of hydrogen-bond acceptors (Lipinski definition) is 7. The maximum absolute atomic E-state index is 12.2.